The molecule has 0 atom stereocenters. The summed E-state index contributed by atoms with van der Waals surface area (Å²) >= 11 is 0. The summed E-state index contributed by atoms with van der Waals surface area (Å²) < 4.78 is 39.4. The van der Waals surface area contributed by atoms with Gasteiger partial charge >= 0.3 is 6.18 Å². The average molecular weight is 271 g/mol. The number of rotatable bonds is 1. The maximum Gasteiger partial charge on any atom is 0.433 e. The Morgan fingerprint density at radius 1 is 1.26 bits per heavy atom. The first-order valence-corrected chi connectivity index (χ1v) is 5.69. The zero-order valence-corrected chi connectivity index (χ0v) is 10.6. The Morgan fingerprint density at radius 3 is 2.42 bits per heavy atom. The van der Waals surface area contributed by atoms with Gasteiger partial charge in [-0.3, -0.25) is 4.79 Å². The number of hydrogen-bond acceptors (Lipinski definition) is 3. The molecule has 0 N–H and O–H groups in total. The van der Waals surface area contributed by atoms with E-state index in [1.165, 1.54) is 6.07 Å². The van der Waals surface area contributed by atoms with E-state index in [-0.39, 0.29) is 11.6 Å². The minimum atomic E-state index is -4.65. The van der Waals surface area contributed by atoms with E-state index < -0.39 is 17.4 Å². The standard InChI is InChI=1S/C12H12F3N3O/c1-6(2)11-7(3)4-9-16-10(19)5-8(12(13,14)15)18(9)17-11/h4-6H,1-3H3. The van der Waals surface area contributed by atoms with Crippen LogP contribution in [0.3, 0.4) is 0 Å². The van der Waals surface area contributed by atoms with Crippen LogP contribution < -0.4 is 5.56 Å². The summed E-state index contributed by atoms with van der Waals surface area (Å²) in [7, 11) is 0. The number of fused-ring (bicyclic) bond motifs is 1. The van der Waals surface area contributed by atoms with Crippen molar-refractivity contribution in [1.82, 2.24) is 14.6 Å². The zero-order chi connectivity index (χ0) is 14.4. The predicted molar refractivity (Wildman–Crippen MR) is 63.1 cm³/mol. The summed E-state index contributed by atoms with van der Waals surface area (Å²) in [6.45, 7) is 5.41. The lowest BCUT2D eigenvalue weighted by Gasteiger charge is -2.14. The van der Waals surface area contributed by atoms with Gasteiger partial charge in [0.25, 0.3) is 5.56 Å². The molecule has 0 aliphatic rings. The third-order valence-electron chi connectivity index (χ3n) is 2.72. The highest BCUT2D eigenvalue weighted by atomic mass is 19.4. The molecule has 0 radical (unpaired) electrons. The molecule has 19 heavy (non-hydrogen) atoms. The minimum absolute atomic E-state index is 0.0232. The fraction of sp³-hybridized carbons (Fsp3) is 0.417. The average Bonchev–Trinajstić information content (AvgIpc) is 2.25. The van der Waals surface area contributed by atoms with Gasteiger partial charge in [-0.05, 0) is 24.5 Å². The minimum Gasteiger partial charge on any atom is -0.267 e. The van der Waals surface area contributed by atoms with Crippen LogP contribution in [0.1, 0.15) is 36.7 Å². The predicted octanol–water partition coefficient (Wildman–Crippen LogP) is 2.54. The van der Waals surface area contributed by atoms with Crippen molar-refractivity contribution in [3.63, 3.8) is 0 Å². The Kier molecular flexibility index (Phi) is 3.07. The van der Waals surface area contributed by atoms with E-state index in [4.69, 9.17) is 0 Å². The second kappa shape index (κ2) is 4.32. The molecule has 7 heteroatoms. The highest BCUT2D eigenvalue weighted by Gasteiger charge is 2.35. The number of hydrogen-bond donors (Lipinski definition) is 0. The van der Waals surface area contributed by atoms with E-state index in [2.05, 4.69) is 10.1 Å². The van der Waals surface area contributed by atoms with Crippen molar-refractivity contribution in [3.05, 3.63) is 39.4 Å². The van der Waals surface area contributed by atoms with Crippen molar-refractivity contribution in [2.45, 2.75) is 32.9 Å². The number of nitrogens with zero attached hydrogens (tertiary/aromatic N) is 3. The van der Waals surface area contributed by atoms with Gasteiger partial charge in [0.2, 0.25) is 0 Å². The van der Waals surface area contributed by atoms with Crippen molar-refractivity contribution in [3.8, 4) is 0 Å². The van der Waals surface area contributed by atoms with Gasteiger partial charge in [-0.25, -0.2) is 4.52 Å². The summed E-state index contributed by atoms with van der Waals surface area (Å²) in [4.78, 5) is 14.8. The van der Waals surface area contributed by atoms with Crippen LogP contribution in [0.25, 0.3) is 5.65 Å². The molecule has 0 aromatic carbocycles. The van der Waals surface area contributed by atoms with E-state index in [0.717, 1.165) is 0 Å². The molecule has 2 aromatic rings. The largest absolute Gasteiger partial charge is 0.433 e. The molecule has 0 aliphatic carbocycles. The number of halogens is 3. The second-order valence-corrected chi connectivity index (χ2v) is 4.61. The van der Waals surface area contributed by atoms with Crippen LogP contribution in [0, 0.1) is 6.92 Å². The fourth-order valence-electron chi connectivity index (χ4n) is 1.92. The number of alkyl halides is 3. The first-order chi connectivity index (χ1) is 8.70. The first-order valence-electron chi connectivity index (χ1n) is 5.69. The molecule has 2 rings (SSSR count). The molecular weight excluding hydrogens is 259 g/mol. The first kappa shape index (κ1) is 13.5. The highest BCUT2D eigenvalue weighted by molar-refractivity contribution is 5.42. The van der Waals surface area contributed by atoms with E-state index >= 15 is 0 Å². The molecule has 0 unspecified atom stereocenters. The lowest BCUT2D eigenvalue weighted by atomic mass is 10.1. The molecular formula is C12H12F3N3O. The summed E-state index contributed by atoms with van der Waals surface area (Å²) in [5.74, 6) is -0.0232. The number of aryl methyl sites for hydroxylation is 1. The quantitative estimate of drug-likeness (QED) is 0.800. The maximum atomic E-state index is 12.9. The molecule has 4 nitrogen and oxygen atoms in total. The fourth-order valence-corrected chi connectivity index (χ4v) is 1.92. The Morgan fingerprint density at radius 2 is 1.89 bits per heavy atom. The van der Waals surface area contributed by atoms with Crippen molar-refractivity contribution in [2.75, 3.05) is 0 Å². The van der Waals surface area contributed by atoms with Crippen molar-refractivity contribution >= 4 is 5.65 Å². The van der Waals surface area contributed by atoms with Gasteiger partial charge < -0.3 is 0 Å². The summed E-state index contributed by atoms with van der Waals surface area (Å²) in [6.07, 6.45) is -4.65. The Bertz CT molecular complexity index is 689. The molecule has 0 saturated carbocycles. The maximum absolute atomic E-state index is 12.9. The molecule has 0 fully saturated rings. The number of aromatic nitrogens is 3. The molecule has 2 aromatic heterocycles. The molecule has 0 saturated heterocycles. The van der Waals surface area contributed by atoms with Gasteiger partial charge in [-0.1, -0.05) is 13.8 Å². The van der Waals surface area contributed by atoms with Gasteiger partial charge in [-0.2, -0.15) is 23.3 Å². The van der Waals surface area contributed by atoms with Crippen LogP contribution in [-0.2, 0) is 6.18 Å². The second-order valence-electron chi connectivity index (χ2n) is 4.61. The van der Waals surface area contributed by atoms with E-state index in [9.17, 15) is 18.0 Å². The molecule has 0 amide bonds. The van der Waals surface area contributed by atoms with Gasteiger partial charge in [-0.15, -0.1) is 0 Å². The van der Waals surface area contributed by atoms with E-state index in [0.29, 0.717) is 21.8 Å². The summed E-state index contributed by atoms with van der Waals surface area (Å²) in [6, 6.07) is 1.90. The van der Waals surface area contributed by atoms with Gasteiger partial charge in [0.05, 0.1) is 5.69 Å². The van der Waals surface area contributed by atoms with Gasteiger partial charge in [0.1, 0.15) is 0 Å². The van der Waals surface area contributed by atoms with Crippen molar-refractivity contribution in [2.24, 2.45) is 0 Å². The van der Waals surface area contributed by atoms with Gasteiger partial charge in [0, 0.05) is 6.07 Å². The van der Waals surface area contributed by atoms with Crippen LogP contribution in [0.5, 0.6) is 0 Å². The van der Waals surface area contributed by atoms with Gasteiger partial charge in [0.15, 0.2) is 11.3 Å². The Labute approximate surface area is 106 Å². The third-order valence-corrected chi connectivity index (χ3v) is 2.72. The van der Waals surface area contributed by atoms with Crippen LogP contribution in [0.2, 0.25) is 0 Å². The third kappa shape index (κ3) is 2.45. The van der Waals surface area contributed by atoms with Crippen LogP contribution in [0.4, 0.5) is 13.2 Å². The monoisotopic (exact) mass is 271 g/mol. The Balaban J connectivity index is 2.89. The zero-order valence-electron chi connectivity index (χ0n) is 10.6. The lowest BCUT2D eigenvalue weighted by Crippen LogP contribution is -2.22. The molecule has 0 aliphatic heterocycles. The summed E-state index contributed by atoms with van der Waals surface area (Å²) in [5.41, 5.74) is -0.873. The van der Waals surface area contributed by atoms with E-state index in [1.54, 1.807) is 6.92 Å². The smallest absolute Gasteiger partial charge is 0.267 e. The lowest BCUT2D eigenvalue weighted by molar-refractivity contribution is -0.142. The summed E-state index contributed by atoms with van der Waals surface area (Å²) in [5, 5.41) is 3.98. The molecule has 0 spiro atoms. The van der Waals surface area contributed by atoms with Crippen LogP contribution in [-0.4, -0.2) is 14.6 Å². The van der Waals surface area contributed by atoms with Crippen LogP contribution >= 0.6 is 0 Å². The van der Waals surface area contributed by atoms with Crippen molar-refractivity contribution in [1.29, 1.82) is 0 Å². The van der Waals surface area contributed by atoms with Crippen LogP contribution in [0.15, 0.2) is 16.9 Å². The van der Waals surface area contributed by atoms with Crippen molar-refractivity contribution < 1.29 is 13.2 Å². The highest BCUT2D eigenvalue weighted by Crippen LogP contribution is 2.28. The topological polar surface area (TPSA) is 47.3 Å². The molecule has 0 bridgehead atoms. The Hall–Kier alpha value is -1.92. The molecule has 2 heterocycles. The normalized spacial score (nSPS) is 12.4. The SMILES string of the molecule is Cc1cc2nc(=O)cc(C(F)(F)F)n2nc1C(C)C. The van der Waals surface area contributed by atoms with E-state index in [1.807, 2.05) is 13.8 Å². The molecule has 102 valence electrons.